The number of benzene rings is 2. The zero-order valence-electron chi connectivity index (χ0n) is 27.5. The number of halogens is 1. The molecular formula is C36H46ClN3O6S. The van der Waals surface area contributed by atoms with Crippen LogP contribution in [0.3, 0.4) is 0 Å². The number of carbonyl (C=O) groups excluding carboxylic acids is 2. The zero-order chi connectivity index (χ0) is 33.5. The van der Waals surface area contributed by atoms with Crippen LogP contribution >= 0.6 is 11.6 Å². The summed E-state index contributed by atoms with van der Waals surface area (Å²) in [5.41, 5.74) is 1.78. The van der Waals surface area contributed by atoms with E-state index in [1.165, 1.54) is 0 Å². The second-order valence-corrected chi connectivity index (χ2v) is 16.5. The zero-order valence-corrected chi connectivity index (χ0v) is 29.0. The Kier molecular flexibility index (Phi) is 9.67. The molecule has 0 radical (unpaired) electrons. The van der Waals surface area contributed by atoms with E-state index in [9.17, 15) is 23.1 Å². The van der Waals surface area contributed by atoms with Crippen molar-refractivity contribution in [2.45, 2.75) is 76.3 Å². The van der Waals surface area contributed by atoms with E-state index in [4.69, 9.17) is 16.3 Å². The molecule has 2 bridgehead atoms. The highest BCUT2D eigenvalue weighted by Gasteiger charge is 2.54. The molecule has 254 valence electrons. The topological polar surface area (TPSA) is 116 Å². The third-order valence-corrected chi connectivity index (χ3v) is 13.3. The largest absolute Gasteiger partial charge is 0.487 e. The van der Waals surface area contributed by atoms with Crippen LogP contribution in [0.5, 0.6) is 5.75 Å². The maximum Gasteiger partial charge on any atom is 0.264 e. The van der Waals surface area contributed by atoms with Crippen LogP contribution in [0.4, 0.5) is 5.69 Å². The van der Waals surface area contributed by atoms with Crippen LogP contribution in [0.25, 0.3) is 0 Å². The summed E-state index contributed by atoms with van der Waals surface area (Å²) in [5, 5.41) is 12.3. The van der Waals surface area contributed by atoms with Crippen LogP contribution in [-0.2, 0) is 27.8 Å². The summed E-state index contributed by atoms with van der Waals surface area (Å²) in [6.45, 7) is 5.60. The highest BCUT2D eigenvalue weighted by atomic mass is 35.5. The van der Waals surface area contributed by atoms with Crippen molar-refractivity contribution >= 4 is 39.1 Å². The number of allylic oxidation sites excluding steroid dienone is 1. The van der Waals surface area contributed by atoms with E-state index >= 15 is 0 Å². The van der Waals surface area contributed by atoms with Gasteiger partial charge >= 0.3 is 0 Å². The van der Waals surface area contributed by atoms with E-state index in [1.807, 2.05) is 31.2 Å². The van der Waals surface area contributed by atoms with E-state index in [0.717, 1.165) is 43.2 Å². The van der Waals surface area contributed by atoms with Gasteiger partial charge in [0.15, 0.2) is 0 Å². The quantitative estimate of drug-likeness (QED) is 0.390. The molecule has 1 saturated heterocycles. The average molecular weight is 684 g/mol. The number of nitrogens with zero attached hydrogens (tertiary/aromatic N) is 2. The number of nitrogens with one attached hydrogen (secondary N) is 1. The molecule has 2 fully saturated rings. The molecule has 2 N–H and O–H groups in total. The average Bonchev–Trinajstić information content (AvgIpc) is 3.35. The van der Waals surface area contributed by atoms with Gasteiger partial charge in [0.25, 0.3) is 5.91 Å². The molecule has 0 aromatic heterocycles. The SMILES string of the molecule is C[C@@H]1[C@@H](C)C/C=C/C(O)([C@H]2CCN(C)C2=O)[C@@H]2CC[C@H]2CN2CCCCc3cc(Cl)ccc3COc3ccc(cc32)C(=O)NS1(=O)=O. The maximum atomic E-state index is 13.5. The summed E-state index contributed by atoms with van der Waals surface area (Å²) in [6, 6.07) is 10.9. The molecule has 1 saturated carbocycles. The van der Waals surface area contributed by atoms with Crippen LogP contribution in [0.15, 0.2) is 48.6 Å². The summed E-state index contributed by atoms with van der Waals surface area (Å²) in [4.78, 5) is 30.7. The van der Waals surface area contributed by atoms with Gasteiger partial charge in [0.2, 0.25) is 15.9 Å². The predicted octanol–water partition coefficient (Wildman–Crippen LogP) is 5.34. The number of fused-ring (bicyclic) bond motifs is 3. The van der Waals surface area contributed by atoms with Crippen LogP contribution in [0.1, 0.15) is 73.9 Å². The van der Waals surface area contributed by atoms with Gasteiger partial charge in [-0.1, -0.05) is 36.7 Å². The molecule has 4 aliphatic rings. The molecule has 0 spiro atoms. The Morgan fingerprint density at radius 1 is 1.02 bits per heavy atom. The van der Waals surface area contributed by atoms with E-state index in [-0.39, 0.29) is 29.2 Å². The minimum Gasteiger partial charge on any atom is -0.487 e. The van der Waals surface area contributed by atoms with E-state index < -0.39 is 32.7 Å². The van der Waals surface area contributed by atoms with Crippen molar-refractivity contribution in [2.75, 3.05) is 31.6 Å². The summed E-state index contributed by atoms with van der Waals surface area (Å²) < 4.78 is 35.5. The standard InChI is InChI=1S/C36H46ClN3O6S/c1-23-7-6-16-36(43,31-15-18-39(3)35(31)42)30-13-10-27(30)21-40-17-5-4-8-25-19-29(37)12-9-28(25)22-46-33-14-11-26(20-32(33)40)34(41)38-47(44,45)24(23)2/h6,9,11-12,14,16,19-20,23-24,27,30-31,43H,4-5,7-8,10,13,15,17-18,21-22H2,1-3H3,(H,38,41)/b16-6+/t23-,24+,27-,30+,31-,36?/m0/s1. The van der Waals surface area contributed by atoms with Gasteiger partial charge in [0.1, 0.15) is 12.4 Å². The first-order valence-electron chi connectivity index (χ1n) is 16.9. The fraction of sp³-hybridized carbons (Fsp3) is 0.556. The first kappa shape index (κ1) is 33.8. The fourth-order valence-corrected chi connectivity index (χ4v) is 9.24. The number of anilines is 1. The molecule has 2 aromatic rings. The van der Waals surface area contributed by atoms with E-state index in [2.05, 4.69) is 9.62 Å². The van der Waals surface area contributed by atoms with Gasteiger partial charge in [-0.2, -0.15) is 0 Å². The van der Waals surface area contributed by atoms with Gasteiger partial charge in [0.05, 0.1) is 22.5 Å². The van der Waals surface area contributed by atoms with Crippen molar-refractivity contribution < 1.29 is 27.9 Å². The molecule has 6 rings (SSSR count). The number of rotatable bonds is 1. The van der Waals surface area contributed by atoms with Crippen molar-refractivity contribution in [3.63, 3.8) is 0 Å². The Morgan fingerprint density at radius 2 is 1.83 bits per heavy atom. The lowest BCUT2D eigenvalue weighted by atomic mass is 9.60. The highest BCUT2D eigenvalue weighted by molar-refractivity contribution is 7.90. The van der Waals surface area contributed by atoms with Crippen LogP contribution in [-0.4, -0.2) is 67.8 Å². The second kappa shape index (κ2) is 13.4. The first-order valence-corrected chi connectivity index (χ1v) is 18.8. The Morgan fingerprint density at radius 3 is 2.55 bits per heavy atom. The van der Waals surface area contributed by atoms with Crippen molar-refractivity contribution in [1.29, 1.82) is 0 Å². The van der Waals surface area contributed by atoms with Gasteiger partial charge in [-0.25, -0.2) is 13.1 Å². The smallest absolute Gasteiger partial charge is 0.264 e. The van der Waals surface area contributed by atoms with Crippen molar-refractivity contribution in [1.82, 2.24) is 9.62 Å². The van der Waals surface area contributed by atoms with Gasteiger partial charge in [-0.05, 0) is 111 Å². The lowest BCUT2D eigenvalue weighted by Crippen LogP contribution is -2.55. The Hall–Kier alpha value is -3.08. The molecule has 3 aliphatic heterocycles. The van der Waals surface area contributed by atoms with E-state index in [0.29, 0.717) is 55.5 Å². The first-order chi connectivity index (χ1) is 22.4. The van der Waals surface area contributed by atoms with Crippen LogP contribution in [0.2, 0.25) is 5.02 Å². The van der Waals surface area contributed by atoms with Crippen molar-refractivity contribution in [3.05, 3.63) is 70.3 Å². The summed E-state index contributed by atoms with van der Waals surface area (Å²) >= 11 is 6.34. The second-order valence-electron chi connectivity index (χ2n) is 14.0. The molecule has 6 atom stereocenters. The van der Waals surface area contributed by atoms with Crippen molar-refractivity contribution in [2.24, 2.45) is 23.7 Å². The summed E-state index contributed by atoms with van der Waals surface area (Å²) in [7, 11) is -2.24. The van der Waals surface area contributed by atoms with Gasteiger partial charge in [-0.3, -0.25) is 9.59 Å². The van der Waals surface area contributed by atoms with E-state index in [1.54, 1.807) is 43.1 Å². The molecule has 47 heavy (non-hydrogen) atoms. The van der Waals surface area contributed by atoms with Crippen LogP contribution < -0.4 is 14.4 Å². The Bertz CT molecular complexity index is 1660. The van der Waals surface area contributed by atoms with Crippen molar-refractivity contribution in [3.8, 4) is 5.75 Å². The minimum absolute atomic E-state index is 0.0535. The lowest BCUT2D eigenvalue weighted by Gasteiger charge is -2.50. The number of hydrogen-bond acceptors (Lipinski definition) is 7. The molecule has 3 heterocycles. The fourth-order valence-electron chi connectivity index (χ4n) is 7.76. The number of aliphatic hydroxyl groups is 1. The number of ether oxygens (including phenoxy) is 1. The number of amides is 2. The molecule has 1 aliphatic carbocycles. The maximum absolute atomic E-state index is 13.5. The molecule has 11 heteroatoms. The molecule has 1 unspecified atom stereocenters. The third-order valence-electron chi connectivity index (χ3n) is 11.1. The van der Waals surface area contributed by atoms with Gasteiger partial charge < -0.3 is 19.6 Å². The minimum atomic E-state index is -4.02. The van der Waals surface area contributed by atoms with Crippen LogP contribution in [0, 0.1) is 23.7 Å². The molecule has 2 amide bonds. The van der Waals surface area contributed by atoms with Gasteiger partial charge in [0, 0.05) is 37.3 Å². The lowest BCUT2D eigenvalue weighted by molar-refractivity contribution is -0.143. The highest BCUT2D eigenvalue weighted by Crippen LogP contribution is 2.49. The monoisotopic (exact) mass is 683 g/mol. The number of likely N-dealkylation sites (tertiary alicyclic amines) is 1. The Balaban J connectivity index is 1.42. The Labute approximate surface area is 283 Å². The number of carbonyl (C=O) groups is 2. The summed E-state index contributed by atoms with van der Waals surface area (Å²) in [5.74, 6) is -1.09. The molecule has 9 nitrogen and oxygen atoms in total. The molecular weight excluding hydrogens is 638 g/mol. The normalized spacial score (nSPS) is 32.1. The number of sulfonamides is 1. The third kappa shape index (κ3) is 6.78. The number of hydrogen-bond donors (Lipinski definition) is 2. The predicted molar refractivity (Wildman–Crippen MR) is 183 cm³/mol. The summed E-state index contributed by atoms with van der Waals surface area (Å²) in [6.07, 6.45) is 8.89. The molecule has 2 aromatic carbocycles. The number of aryl methyl sites for hydroxylation is 1. The van der Waals surface area contributed by atoms with Gasteiger partial charge in [-0.15, -0.1) is 0 Å².